The maximum absolute atomic E-state index is 12.7. The summed E-state index contributed by atoms with van der Waals surface area (Å²) in [6.07, 6.45) is 1.45. The number of H-pyrrole nitrogens is 1. The highest BCUT2D eigenvalue weighted by molar-refractivity contribution is 6.33. The number of hydrogen-bond acceptors (Lipinski definition) is 5. The lowest BCUT2D eigenvalue weighted by Gasteiger charge is -2.10. The zero-order valence-corrected chi connectivity index (χ0v) is 15.3. The van der Waals surface area contributed by atoms with Crippen LogP contribution in [0.4, 0.5) is 5.82 Å². The Morgan fingerprint density at radius 1 is 1.18 bits per heavy atom. The summed E-state index contributed by atoms with van der Waals surface area (Å²) in [5.74, 6) is 1.04. The lowest BCUT2D eigenvalue weighted by molar-refractivity contribution is 0.0996. The SMILES string of the molecule is O=C(N=c1nc2c(-c3ncn[nH]3)cccc2c2n1CCN2)c1ccccc1Cl. The molecule has 0 aliphatic carbocycles. The molecule has 1 aliphatic heterocycles. The summed E-state index contributed by atoms with van der Waals surface area (Å²) in [4.78, 5) is 25.9. The molecule has 2 aromatic heterocycles. The molecule has 0 spiro atoms. The number of amides is 1. The average molecular weight is 392 g/mol. The van der Waals surface area contributed by atoms with Crippen molar-refractivity contribution in [1.82, 2.24) is 24.7 Å². The molecule has 8 nitrogen and oxygen atoms in total. The third kappa shape index (κ3) is 2.66. The van der Waals surface area contributed by atoms with E-state index in [4.69, 9.17) is 16.6 Å². The zero-order valence-electron chi connectivity index (χ0n) is 14.6. The van der Waals surface area contributed by atoms with Crippen molar-refractivity contribution in [3.05, 3.63) is 65.0 Å². The Kier molecular flexibility index (Phi) is 3.91. The highest BCUT2D eigenvalue weighted by Gasteiger charge is 2.19. The normalized spacial score (nSPS) is 13.5. The van der Waals surface area contributed by atoms with Gasteiger partial charge in [0.2, 0.25) is 5.62 Å². The molecule has 0 radical (unpaired) electrons. The number of aromatic nitrogens is 5. The molecule has 0 bridgehead atoms. The van der Waals surface area contributed by atoms with Crippen LogP contribution in [0.3, 0.4) is 0 Å². The average Bonchev–Trinajstić information content (AvgIpc) is 3.40. The van der Waals surface area contributed by atoms with Gasteiger partial charge in [0.1, 0.15) is 12.1 Å². The number of fused-ring (bicyclic) bond motifs is 3. The predicted molar refractivity (Wildman–Crippen MR) is 105 cm³/mol. The molecule has 9 heteroatoms. The molecule has 138 valence electrons. The number of rotatable bonds is 2. The van der Waals surface area contributed by atoms with E-state index in [1.54, 1.807) is 24.3 Å². The third-order valence-electron chi connectivity index (χ3n) is 4.62. The number of nitrogens with one attached hydrogen (secondary N) is 2. The van der Waals surface area contributed by atoms with Crippen LogP contribution in [0.2, 0.25) is 5.02 Å². The van der Waals surface area contributed by atoms with Crippen molar-refractivity contribution in [2.45, 2.75) is 6.54 Å². The van der Waals surface area contributed by atoms with E-state index in [2.05, 4.69) is 25.5 Å². The van der Waals surface area contributed by atoms with E-state index >= 15 is 0 Å². The van der Waals surface area contributed by atoms with Crippen LogP contribution in [0.15, 0.2) is 53.8 Å². The van der Waals surface area contributed by atoms with Gasteiger partial charge in [0, 0.05) is 24.0 Å². The molecule has 0 saturated heterocycles. The van der Waals surface area contributed by atoms with E-state index in [-0.39, 0.29) is 0 Å². The maximum atomic E-state index is 12.7. The summed E-state index contributed by atoms with van der Waals surface area (Å²) < 4.78 is 1.90. The Morgan fingerprint density at radius 2 is 2.07 bits per heavy atom. The molecule has 3 heterocycles. The number of aromatic amines is 1. The Labute approximate surface area is 163 Å². The van der Waals surface area contributed by atoms with Crippen molar-refractivity contribution in [3.63, 3.8) is 0 Å². The van der Waals surface area contributed by atoms with Crippen molar-refractivity contribution in [1.29, 1.82) is 0 Å². The lowest BCUT2D eigenvalue weighted by atomic mass is 10.1. The number of benzene rings is 2. The standard InChI is InChI=1S/C19H14ClN7O/c20-14-7-2-1-4-11(14)18(28)25-19-24-15-12(16-22-10-23-26-16)5-3-6-13(15)17-21-8-9-27(17)19/h1-7,10,21H,8-9H2,(H,22,23,26). The number of carbonyl (C=O) groups excluding carboxylic acids is 1. The number of carbonyl (C=O) groups is 1. The summed E-state index contributed by atoms with van der Waals surface area (Å²) in [5, 5.41) is 11.4. The van der Waals surface area contributed by atoms with Crippen molar-refractivity contribution in [3.8, 4) is 11.4 Å². The first kappa shape index (κ1) is 16.6. The van der Waals surface area contributed by atoms with Gasteiger partial charge >= 0.3 is 0 Å². The van der Waals surface area contributed by atoms with Gasteiger partial charge in [-0.3, -0.25) is 14.5 Å². The van der Waals surface area contributed by atoms with E-state index in [0.717, 1.165) is 23.3 Å². The second-order valence-electron chi connectivity index (χ2n) is 6.27. The molecule has 2 aromatic carbocycles. The van der Waals surface area contributed by atoms with Crippen LogP contribution in [0.1, 0.15) is 10.4 Å². The van der Waals surface area contributed by atoms with Crippen LogP contribution >= 0.6 is 11.6 Å². The molecule has 4 aromatic rings. The molecule has 2 N–H and O–H groups in total. The highest BCUT2D eigenvalue weighted by atomic mass is 35.5. The topological polar surface area (TPSA) is 101 Å². The molecular formula is C19H14ClN7O. The summed E-state index contributed by atoms with van der Waals surface area (Å²) in [6, 6.07) is 12.7. The summed E-state index contributed by atoms with van der Waals surface area (Å²) in [6.45, 7) is 1.40. The van der Waals surface area contributed by atoms with E-state index in [1.165, 1.54) is 6.33 Å². The molecule has 0 fully saturated rings. The van der Waals surface area contributed by atoms with Gasteiger partial charge < -0.3 is 5.32 Å². The summed E-state index contributed by atoms with van der Waals surface area (Å²) in [7, 11) is 0. The largest absolute Gasteiger partial charge is 0.369 e. The highest BCUT2D eigenvalue weighted by Crippen LogP contribution is 2.29. The molecule has 1 amide bonds. The maximum Gasteiger partial charge on any atom is 0.281 e. The van der Waals surface area contributed by atoms with Gasteiger partial charge in [0.05, 0.1) is 16.1 Å². The predicted octanol–water partition coefficient (Wildman–Crippen LogP) is 2.64. The van der Waals surface area contributed by atoms with Crippen LogP contribution in [-0.2, 0) is 6.54 Å². The molecule has 0 unspecified atom stereocenters. The van der Waals surface area contributed by atoms with Gasteiger partial charge in [-0.1, -0.05) is 29.8 Å². The second kappa shape index (κ2) is 6.58. The number of nitrogens with zero attached hydrogens (tertiary/aromatic N) is 5. The molecule has 0 atom stereocenters. The number of hydrogen-bond donors (Lipinski definition) is 2. The van der Waals surface area contributed by atoms with Gasteiger partial charge in [-0.2, -0.15) is 10.1 Å². The van der Waals surface area contributed by atoms with Crippen molar-refractivity contribution < 1.29 is 4.79 Å². The number of anilines is 1. The number of halogens is 1. The van der Waals surface area contributed by atoms with Crippen LogP contribution in [0.25, 0.3) is 22.3 Å². The first-order chi connectivity index (χ1) is 13.7. The van der Waals surface area contributed by atoms with Gasteiger partial charge in [-0.05, 0) is 24.3 Å². The van der Waals surface area contributed by atoms with Crippen molar-refractivity contribution in [2.24, 2.45) is 4.99 Å². The minimum atomic E-state index is -0.434. The van der Waals surface area contributed by atoms with E-state index in [0.29, 0.717) is 34.1 Å². The van der Waals surface area contributed by atoms with Gasteiger partial charge in [-0.15, -0.1) is 0 Å². The van der Waals surface area contributed by atoms with Crippen LogP contribution in [0, 0.1) is 0 Å². The van der Waals surface area contributed by atoms with E-state index in [9.17, 15) is 4.79 Å². The molecular weight excluding hydrogens is 378 g/mol. The lowest BCUT2D eigenvalue weighted by Crippen LogP contribution is -2.25. The molecule has 0 saturated carbocycles. The Morgan fingerprint density at radius 3 is 2.89 bits per heavy atom. The Balaban J connectivity index is 1.77. The summed E-state index contributed by atoms with van der Waals surface area (Å²) >= 11 is 6.15. The van der Waals surface area contributed by atoms with Crippen molar-refractivity contribution >= 4 is 34.2 Å². The molecule has 5 rings (SSSR count). The second-order valence-corrected chi connectivity index (χ2v) is 6.68. The van der Waals surface area contributed by atoms with Crippen LogP contribution in [0.5, 0.6) is 0 Å². The fourth-order valence-corrected chi connectivity index (χ4v) is 3.56. The first-order valence-corrected chi connectivity index (χ1v) is 9.07. The van der Waals surface area contributed by atoms with Gasteiger partial charge in [0.25, 0.3) is 5.91 Å². The first-order valence-electron chi connectivity index (χ1n) is 8.69. The van der Waals surface area contributed by atoms with Crippen LogP contribution < -0.4 is 10.9 Å². The Bertz CT molecular complexity index is 1280. The van der Waals surface area contributed by atoms with Crippen LogP contribution in [-0.4, -0.2) is 37.2 Å². The quantitative estimate of drug-likeness (QED) is 0.547. The summed E-state index contributed by atoms with van der Waals surface area (Å²) in [5.41, 5.74) is 2.14. The van der Waals surface area contributed by atoms with Crippen molar-refractivity contribution in [2.75, 3.05) is 11.9 Å². The van der Waals surface area contributed by atoms with Gasteiger partial charge in [-0.25, -0.2) is 9.97 Å². The monoisotopic (exact) mass is 391 g/mol. The molecule has 1 aliphatic rings. The van der Waals surface area contributed by atoms with E-state index in [1.807, 2.05) is 22.8 Å². The minimum absolute atomic E-state index is 0.324. The third-order valence-corrected chi connectivity index (χ3v) is 4.95. The zero-order chi connectivity index (χ0) is 19.1. The Hall–Kier alpha value is -3.52. The van der Waals surface area contributed by atoms with E-state index < -0.39 is 5.91 Å². The smallest absolute Gasteiger partial charge is 0.281 e. The molecule has 28 heavy (non-hydrogen) atoms. The van der Waals surface area contributed by atoms with Gasteiger partial charge in [0.15, 0.2) is 5.82 Å². The number of para-hydroxylation sites is 1. The fourth-order valence-electron chi connectivity index (χ4n) is 3.35. The minimum Gasteiger partial charge on any atom is -0.369 e. The fraction of sp³-hybridized carbons (Fsp3) is 0.105.